The van der Waals surface area contributed by atoms with Gasteiger partial charge in [0.15, 0.2) is 5.65 Å². The molecule has 0 amide bonds. The largest absolute Gasteiger partial charge is 0.378 e. The molecule has 4 aromatic rings. The van der Waals surface area contributed by atoms with E-state index < -0.39 is 0 Å². The van der Waals surface area contributed by atoms with Gasteiger partial charge in [0.25, 0.3) is 5.56 Å². The molecule has 5 rings (SSSR count). The van der Waals surface area contributed by atoms with E-state index >= 15 is 0 Å². The smallest absolute Gasteiger partial charge is 0.267 e. The minimum absolute atomic E-state index is 0.0585. The normalized spacial score (nSPS) is 20.3. The minimum Gasteiger partial charge on any atom is -0.378 e. The summed E-state index contributed by atoms with van der Waals surface area (Å²) in [7, 11) is 3.41. The number of aromatic nitrogens is 5. The van der Waals surface area contributed by atoms with Crippen LogP contribution in [0, 0.1) is 0 Å². The average molecular weight is 462 g/mol. The van der Waals surface area contributed by atoms with Crippen LogP contribution in [-0.4, -0.2) is 61.3 Å². The second-order valence-corrected chi connectivity index (χ2v) is 9.25. The number of imidazole rings is 1. The Bertz CT molecular complexity index is 1400. The highest BCUT2D eigenvalue weighted by Gasteiger charge is 2.34. The Morgan fingerprint density at radius 3 is 2.62 bits per heavy atom. The molecule has 1 aliphatic heterocycles. The van der Waals surface area contributed by atoms with Crippen LogP contribution in [-0.2, 0) is 18.4 Å². The van der Waals surface area contributed by atoms with Crippen LogP contribution in [0.1, 0.15) is 38.1 Å². The van der Waals surface area contributed by atoms with Crippen LogP contribution in [0.2, 0.25) is 0 Å². The fraction of sp³-hybridized carbons (Fsp3) is 0.440. The number of anilines is 1. The highest BCUT2D eigenvalue weighted by molar-refractivity contribution is 5.74. The van der Waals surface area contributed by atoms with Crippen LogP contribution < -0.4 is 10.5 Å². The predicted octanol–water partition coefficient (Wildman–Crippen LogP) is 2.78. The Morgan fingerprint density at radius 1 is 1.09 bits per heavy atom. The molecular weight excluding hydrogens is 430 g/mol. The minimum atomic E-state index is -0.0585. The van der Waals surface area contributed by atoms with Gasteiger partial charge in [0, 0.05) is 63.8 Å². The van der Waals surface area contributed by atoms with Crippen molar-refractivity contribution in [3.63, 3.8) is 0 Å². The van der Waals surface area contributed by atoms with Crippen molar-refractivity contribution in [2.75, 3.05) is 25.1 Å². The predicted molar refractivity (Wildman–Crippen MR) is 132 cm³/mol. The third-order valence-electron chi connectivity index (χ3n) is 6.98. The summed E-state index contributed by atoms with van der Waals surface area (Å²) in [5.74, 6) is 0. The van der Waals surface area contributed by atoms with Crippen molar-refractivity contribution in [1.29, 1.82) is 0 Å². The van der Waals surface area contributed by atoms with Crippen molar-refractivity contribution < 1.29 is 4.74 Å². The van der Waals surface area contributed by atoms with E-state index in [0.29, 0.717) is 6.61 Å². The molecule has 2 unspecified atom stereocenters. The first-order valence-electron chi connectivity index (χ1n) is 11.7. The second-order valence-electron chi connectivity index (χ2n) is 9.25. The molecule has 0 saturated carbocycles. The summed E-state index contributed by atoms with van der Waals surface area (Å²) in [5.41, 5.74) is 5.45. The highest BCUT2D eigenvalue weighted by Crippen LogP contribution is 2.32. The number of methoxy groups -OCH3 is 1. The average Bonchev–Trinajstić information content (AvgIpc) is 3.26. The molecule has 0 radical (unpaired) electrons. The van der Waals surface area contributed by atoms with Crippen LogP contribution in [0.15, 0.2) is 47.7 Å². The first kappa shape index (κ1) is 22.5. The van der Waals surface area contributed by atoms with E-state index in [4.69, 9.17) is 9.72 Å². The van der Waals surface area contributed by atoms with Gasteiger partial charge >= 0.3 is 0 Å². The van der Waals surface area contributed by atoms with Gasteiger partial charge in [-0.15, -0.1) is 0 Å². The van der Waals surface area contributed by atoms with Gasteiger partial charge in [-0.1, -0.05) is 6.07 Å². The number of rotatable bonds is 5. The topological polar surface area (TPSA) is 80.8 Å². The fourth-order valence-electron chi connectivity index (χ4n) is 5.09. The van der Waals surface area contributed by atoms with Crippen molar-refractivity contribution in [3.8, 4) is 0 Å². The molecular formula is C25H31N7O2. The third kappa shape index (κ3) is 3.84. The zero-order valence-corrected chi connectivity index (χ0v) is 20.3. The Morgan fingerprint density at radius 2 is 1.85 bits per heavy atom. The lowest BCUT2D eigenvalue weighted by Crippen LogP contribution is -2.57. The lowest BCUT2D eigenvalue weighted by atomic mass is 10.00. The van der Waals surface area contributed by atoms with Crippen LogP contribution in [0.5, 0.6) is 0 Å². The summed E-state index contributed by atoms with van der Waals surface area (Å²) in [6, 6.07) is 8.77. The fourth-order valence-corrected chi connectivity index (χ4v) is 5.09. The van der Waals surface area contributed by atoms with Crippen LogP contribution >= 0.6 is 0 Å². The summed E-state index contributed by atoms with van der Waals surface area (Å²) in [5, 5.41) is 0. The zero-order chi connectivity index (χ0) is 24.0. The van der Waals surface area contributed by atoms with Crippen molar-refractivity contribution >= 4 is 22.4 Å². The standard InChI is InChI=1S/C25H31N7O2/c1-16-13-31(23-11-24(33)29(4)32-14-20(15-34-5)28-25(23)32)17(2)12-30(16)18(3)19-6-7-21-22(10-19)27-9-8-26-21/h6-11,14,16-18H,12-13,15H2,1-5H3/t16-,17?,18?/m1/s1. The summed E-state index contributed by atoms with van der Waals surface area (Å²) in [6.07, 6.45) is 5.33. The Labute approximate surface area is 198 Å². The van der Waals surface area contributed by atoms with Crippen LogP contribution in [0.4, 0.5) is 5.69 Å². The first-order valence-corrected chi connectivity index (χ1v) is 11.7. The maximum Gasteiger partial charge on any atom is 0.267 e. The van der Waals surface area contributed by atoms with E-state index in [1.807, 2.05) is 16.8 Å². The summed E-state index contributed by atoms with van der Waals surface area (Å²) in [6.45, 7) is 8.78. The number of hydrogen-bond acceptors (Lipinski definition) is 7. The molecule has 0 spiro atoms. The number of ether oxygens (including phenoxy) is 1. The third-order valence-corrected chi connectivity index (χ3v) is 6.98. The molecule has 1 fully saturated rings. The highest BCUT2D eigenvalue weighted by atomic mass is 16.5. The van der Waals surface area contributed by atoms with Gasteiger partial charge in [0.05, 0.1) is 35.2 Å². The van der Waals surface area contributed by atoms with Crippen molar-refractivity contribution in [3.05, 3.63) is 64.5 Å². The number of aryl methyl sites for hydroxylation is 1. The molecule has 0 aliphatic carbocycles. The van der Waals surface area contributed by atoms with Gasteiger partial charge < -0.3 is 9.64 Å². The van der Waals surface area contributed by atoms with Crippen LogP contribution in [0.3, 0.4) is 0 Å². The summed E-state index contributed by atoms with van der Waals surface area (Å²) >= 11 is 0. The maximum absolute atomic E-state index is 12.8. The van der Waals surface area contributed by atoms with Gasteiger partial charge in [0.1, 0.15) is 0 Å². The van der Waals surface area contributed by atoms with Gasteiger partial charge in [0.2, 0.25) is 0 Å². The molecule has 34 heavy (non-hydrogen) atoms. The summed E-state index contributed by atoms with van der Waals surface area (Å²) < 4.78 is 8.68. The van der Waals surface area contributed by atoms with Gasteiger partial charge in [-0.25, -0.2) is 14.2 Å². The van der Waals surface area contributed by atoms with Crippen molar-refractivity contribution in [2.24, 2.45) is 7.05 Å². The Balaban J connectivity index is 1.45. The van der Waals surface area contributed by atoms with E-state index in [1.165, 1.54) is 5.56 Å². The zero-order valence-electron chi connectivity index (χ0n) is 20.3. The quantitative estimate of drug-likeness (QED) is 0.452. The Hall–Kier alpha value is -3.30. The monoisotopic (exact) mass is 461 g/mol. The van der Waals surface area contributed by atoms with Gasteiger partial charge in [-0.2, -0.15) is 0 Å². The van der Waals surface area contributed by atoms with E-state index in [0.717, 1.165) is 41.2 Å². The molecule has 9 nitrogen and oxygen atoms in total. The molecule has 4 heterocycles. The first-order chi connectivity index (χ1) is 16.4. The maximum atomic E-state index is 12.8. The van der Waals surface area contributed by atoms with Crippen LogP contribution in [0.25, 0.3) is 16.7 Å². The molecule has 0 bridgehead atoms. The number of piperazine rings is 1. The molecule has 9 heteroatoms. The molecule has 1 aromatic carbocycles. The SMILES string of the molecule is COCc1cn2c(n1)c(N1C[C@@H](C)N(C(C)c3ccc4nccnc4c3)CC1C)cc(=O)n2C. The molecule has 0 N–H and O–H groups in total. The van der Waals surface area contributed by atoms with E-state index in [2.05, 4.69) is 52.7 Å². The second kappa shape index (κ2) is 8.81. The van der Waals surface area contributed by atoms with E-state index in [9.17, 15) is 4.79 Å². The molecule has 1 aliphatic rings. The summed E-state index contributed by atoms with van der Waals surface area (Å²) in [4.78, 5) is 31.2. The van der Waals surface area contributed by atoms with Crippen molar-refractivity contribution in [2.45, 2.75) is 45.5 Å². The molecule has 3 aromatic heterocycles. The molecule has 3 atom stereocenters. The van der Waals surface area contributed by atoms with Gasteiger partial charge in [-0.05, 0) is 38.5 Å². The molecule has 1 saturated heterocycles. The number of benzene rings is 1. The van der Waals surface area contributed by atoms with E-state index in [-0.39, 0.29) is 23.7 Å². The molecule has 178 valence electrons. The van der Waals surface area contributed by atoms with Gasteiger partial charge in [-0.3, -0.25) is 19.7 Å². The lowest BCUT2D eigenvalue weighted by molar-refractivity contribution is 0.119. The Kier molecular flexibility index (Phi) is 5.83. The lowest BCUT2D eigenvalue weighted by Gasteiger charge is -2.47. The number of hydrogen-bond donors (Lipinski definition) is 0. The number of nitrogens with zero attached hydrogens (tertiary/aromatic N) is 7. The van der Waals surface area contributed by atoms with Crippen molar-refractivity contribution in [1.82, 2.24) is 29.0 Å². The number of fused-ring (bicyclic) bond motifs is 2. The van der Waals surface area contributed by atoms with E-state index in [1.54, 1.807) is 37.3 Å².